The Bertz CT molecular complexity index is 2490. The number of hydrogen-bond acceptors (Lipinski definition) is 4. The lowest BCUT2D eigenvalue weighted by Crippen LogP contribution is -2.34. The van der Waals surface area contributed by atoms with Gasteiger partial charge in [-0.2, -0.15) is 5.26 Å². The van der Waals surface area contributed by atoms with Crippen LogP contribution in [0.4, 0.5) is 0 Å². The van der Waals surface area contributed by atoms with Gasteiger partial charge in [-0.3, -0.25) is 0 Å². The molecule has 1 aromatic heterocycles. The van der Waals surface area contributed by atoms with E-state index in [0.29, 0.717) is 11.4 Å². The first kappa shape index (κ1) is 30.9. The second-order valence-electron chi connectivity index (χ2n) is 12.9. The topological polar surface area (TPSA) is 58.8 Å². The fourth-order valence-corrected chi connectivity index (χ4v) is 7.42. The lowest BCUT2D eigenvalue weighted by atomic mass is 9.63. The molecule has 4 nitrogen and oxygen atoms in total. The van der Waals surface area contributed by atoms with E-state index in [1.807, 2.05) is 84.9 Å². The van der Waals surface area contributed by atoms with Gasteiger partial charge in [-0.1, -0.05) is 152 Å². The molecule has 0 bridgehead atoms. The molecule has 0 spiro atoms. The molecule has 1 aliphatic heterocycles. The molecule has 0 N–H and O–H groups in total. The van der Waals surface area contributed by atoms with Crippen molar-refractivity contribution in [2.24, 2.45) is 0 Å². The highest BCUT2D eigenvalue weighted by Gasteiger charge is 2.45. The van der Waals surface area contributed by atoms with E-state index in [4.69, 9.17) is 14.7 Å². The number of nitriles is 1. The Labute approximate surface area is 303 Å². The number of hydrogen-bond donors (Lipinski definition) is 0. The van der Waals surface area contributed by atoms with E-state index in [1.165, 1.54) is 0 Å². The van der Waals surface area contributed by atoms with Gasteiger partial charge in [-0.05, 0) is 58.7 Å². The second kappa shape index (κ2) is 13.0. The van der Waals surface area contributed by atoms with E-state index in [1.54, 1.807) is 0 Å². The number of aromatic nitrogens is 2. The second-order valence-corrected chi connectivity index (χ2v) is 12.9. The maximum Gasteiger partial charge on any atom is 0.160 e. The molecule has 9 rings (SSSR count). The average Bonchev–Trinajstić information content (AvgIpc) is 3.23. The Balaban J connectivity index is 1.16. The lowest BCUT2D eigenvalue weighted by molar-refractivity contribution is 0.434. The number of fused-ring (bicyclic) bond motifs is 2. The van der Waals surface area contributed by atoms with Crippen LogP contribution in [-0.4, -0.2) is 9.97 Å². The minimum atomic E-state index is -0.664. The lowest BCUT2D eigenvalue weighted by Gasteiger charge is -2.41. The zero-order chi connectivity index (χ0) is 34.9. The molecule has 7 aromatic carbocycles. The van der Waals surface area contributed by atoms with Crippen molar-refractivity contribution in [1.82, 2.24) is 9.97 Å². The molecule has 2 heterocycles. The molecule has 0 unspecified atom stereocenters. The van der Waals surface area contributed by atoms with Crippen LogP contribution in [0.15, 0.2) is 188 Å². The fraction of sp³-hybridized carbons (Fsp3) is 0.0208. The van der Waals surface area contributed by atoms with Gasteiger partial charge < -0.3 is 4.74 Å². The summed E-state index contributed by atoms with van der Waals surface area (Å²) in [6.07, 6.45) is 0. The largest absolute Gasteiger partial charge is 0.457 e. The summed E-state index contributed by atoms with van der Waals surface area (Å²) < 4.78 is 6.48. The van der Waals surface area contributed by atoms with Gasteiger partial charge >= 0.3 is 0 Å². The third-order valence-corrected chi connectivity index (χ3v) is 9.89. The normalized spacial score (nSPS) is 12.5. The zero-order valence-corrected chi connectivity index (χ0v) is 28.1. The molecular weight excluding hydrogens is 635 g/mol. The van der Waals surface area contributed by atoms with Crippen molar-refractivity contribution in [3.05, 3.63) is 216 Å². The summed E-state index contributed by atoms with van der Waals surface area (Å²) in [5.74, 6) is 2.32. The Morgan fingerprint density at radius 2 is 0.923 bits per heavy atom. The summed E-state index contributed by atoms with van der Waals surface area (Å²) in [6.45, 7) is 0. The number of benzene rings is 7. The molecule has 52 heavy (non-hydrogen) atoms. The van der Waals surface area contributed by atoms with E-state index in [0.717, 1.165) is 73.0 Å². The van der Waals surface area contributed by atoms with Gasteiger partial charge in [0.15, 0.2) is 5.82 Å². The highest BCUT2D eigenvalue weighted by atomic mass is 16.5. The Kier molecular flexibility index (Phi) is 7.72. The van der Waals surface area contributed by atoms with Crippen molar-refractivity contribution in [3.8, 4) is 62.6 Å². The molecular formula is C48H31N3O. The van der Waals surface area contributed by atoms with Crippen LogP contribution in [0.3, 0.4) is 0 Å². The maximum absolute atomic E-state index is 9.62. The summed E-state index contributed by atoms with van der Waals surface area (Å²) in [4.78, 5) is 10.0. The van der Waals surface area contributed by atoms with Gasteiger partial charge in [0.2, 0.25) is 0 Å². The first-order chi connectivity index (χ1) is 25.7. The van der Waals surface area contributed by atoms with Gasteiger partial charge in [0.05, 0.1) is 28.4 Å². The summed E-state index contributed by atoms with van der Waals surface area (Å²) in [5, 5.41) is 9.62. The van der Waals surface area contributed by atoms with Crippen molar-refractivity contribution >= 4 is 0 Å². The van der Waals surface area contributed by atoms with Crippen LogP contribution in [-0.2, 0) is 5.41 Å². The predicted octanol–water partition coefficient (Wildman–Crippen LogP) is 11.5. The van der Waals surface area contributed by atoms with Gasteiger partial charge in [-0.15, -0.1) is 0 Å². The van der Waals surface area contributed by atoms with E-state index >= 15 is 0 Å². The number of rotatable bonds is 6. The SMILES string of the molecule is N#Cc1ccc(C2(c3ccc(-c4cccc(-c5cc(-c6ccccc6)nc(-c6ccccc6)n5)c4)cc3)c3ccccc3Oc3ccccc32)cc1. The van der Waals surface area contributed by atoms with Crippen molar-refractivity contribution in [2.75, 3.05) is 0 Å². The van der Waals surface area contributed by atoms with Gasteiger partial charge in [0.1, 0.15) is 11.5 Å². The van der Waals surface area contributed by atoms with E-state index in [-0.39, 0.29) is 0 Å². The summed E-state index contributed by atoms with van der Waals surface area (Å²) in [6, 6.07) is 66.6. The van der Waals surface area contributed by atoms with E-state index in [2.05, 4.69) is 109 Å². The summed E-state index contributed by atoms with van der Waals surface area (Å²) in [7, 11) is 0. The molecule has 0 aliphatic carbocycles. The van der Waals surface area contributed by atoms with Gasteiger partial charge in [0.25, 0.3) is 0 Å². The quantitative estimate of drug-likeness (QED) is 0.177. The molecule has 0 radical (unpaired) electrons. The van der Waals surface area contributed by atoms with Crippen molar-refractivity contribution in [3.63, 3.8) is 0 Å². The standard InChI is InChI=1S/C48H31N3O/c49-32-33-22-26-39(27-23-33)48(41-18-7-9-20-45(41)52-46-21-10-8-19-42(46)48)40-28-24-34(25-29-40)37-16-11-17-38(30-37)44-31-43(35-12-3-1-4-13-35)50-47(51-44)36-14-5-2-6-15-36/h1-31H. The van der Waals surface area contributed by atoms with Crippen molar-refractivity contribution < 1.29 is 4.74 Å². The van der Waals surface area contributed by atoms with Crippen LogP contribution in [0.5, 0.6) is 11.5 Å². The van der Waals surface area contributed by atoms with Crippen molar-refractivity contribution in [2.45, 2.75) is 5.41 Å². The molecule has 0 fully saturated rings. The van der Waals surface area contributed by atoms with Crippen LogP contribution in [0.1, 0.15) is 27.8 Å². The molecule has 0 saturated carbocycles. The smallest absolute Gasteiger partial charge is 0.160 e. The Morgan fingerprint density at radius 1 is 0.423 bits per heavy atom. The van der Waals surface area contributed by atoms with Gasteiger partial charge in [0, 0.05) is 27.8 Å². The highest BCUT2D eigenvalue weighted by Crippen LogP contribution is 2.55. The number of ether oxygens (including phenoxy) is 1. The molecule has 0 atom stereocenters. The van der Waals surface area contributed by atoms with Gasteiger partial charge in [-0.25, -0.2) is 9.97 Å². The number of para-hydroxylation sites is 2. The predicted molar refractivity (Wildman–Crippen MR) is 207 cm³/mol. The monoisotopic (exact) mass is 665 g/mol. The minimum absolute atomic E-state index is 0.623. The van der Waals surface area contributed by atoms with Crippen LogP contribution in [0.2, 0.25) is 0 Å². The molecule has 244 valence electrons. The van der Waals surface area contributed by atoms with Crippen LogP contribution in [0, 0.1) is 11.3 Å². The zero-order valence-electron chi connectivity index (χ0n) is 28.1. The molecule has 8 aromatic rings. The van der Waals surface area contributed by atoms with Crippen LogP contribution in [0.25, 0.3) is 45.0 Å². The molecule has 1 aliphatic rings. The molecule has 4 heteroatoms. The molecule has 0 amide bonds. The number of nitrogens with zero attached hydrogens (tertiary/aromatic N) is 3. The third kappa shape index (κ3) is 5.33. The minimum Gasteiger partial charge on any atom is -0.457 e. The van der Waals surface area contributed by atoms with E-state index in [9.17, 15) is 5.26 Å². The maximum atomic E-state index is 9.62. The summed E-state index contributed by atoms with van der Waals surface area (Å²) >= 11 is 0. The van der Waals surface area contributed by atoms with Crippen LogP contribution < -0.4 is 4.74 Å². The summed E-state index contributed by atoms with van der Waals surface area (Å²) in [5.41, 5.74) is 11.2. The molecule has 0 saturated heterocycles. The first-order valence-corrected chi connectivity index (χ1v) is 17.3. The average molecular weight is 666 g/mol. The van der Waals surface area contributed by atoms with E-state index < -0.39 is 5.41 Å². The Hall–Kier alpha value is -7.09. The third-order valence-electron chi connectivity index (χ3n) is 9.89. The van der Waals surface area contributed by atoms with Crippen molar-refractivity contribution in [1.29, 1.82) is 5.26 Å². The fourth-order valence-electron chi connectivity index (χ4n) is 7.42. The highest BCUT2D eigenvalue weighted by molar-refractivity contribution is 5.77. The van der Waals surface area contributed by atoms with Crippen LogP contribution >= 0.6 is 0 Å². The Morgan fingerprint density at radius 3 is 1.54 bits per heavy atom. The first-order valence-electron chi connectivity index (χ1n) is 17.3.